The third-order valence-corrected chi connectivity index (χ3v) is 2.14. The Kier molecular flexibility index (Phi) is 3.21. The first-order valence-electron chi connectivity index (χ1n) is 4.38. The van der Waals surface area contributed by atoms with Crippen molar-refractivity contribution in [2.75, 3.05) is 14.1 Å². The molecule has 0 saturated carbocycles. The van der Waals surface area contributed by atoms with Crippen molar-refractivity contribution >= 4 is 0 Å². The highest BCUT2D eigenvalue weighted by Crippen LogP contribution is 2.19. The molecule has 0 spiro atoms. The molecule has 0 fully saturated rings. The first kappa shape index (κ1) is 10.7. The van der Waals surface area contributed by atoms with Crippen molar-refractivity contribution in [3.8, 4) is 6.07 Å². The molecule has 0 aliphatic rings. The van der Waals surface area contributed by atoms with Crippen LogP contribution in [0.4, 0.5) is 4.39 Å². The number of rotatable bonds is 2. The number of aryl methyl sites for hydroxylation is 1. The van der Waals surface area contributed by atoms with Gasteiger partial charge in [-0.25, -0.2) is 4.39 Å². The second kappa shape index (κ2) is 4.21. The van der Waals surface area contributed by atoms with Gasteiger partial charge in [0, 0.05) is 0 Å². The summed E-state index contributed by atoms with van der Waals surface area (Å²) in [5.41, 5.74) is 1.40. The van der Waals surface area contributed by atoms with Crippen molar-refractivity contribution in [1.29, 1.82) is 5.26 Å². The summed E-state index contributed by atoms with van der Waals surface area (Å²) in [6.07, 6.45) is 0. The molecule has 2 nitrogen and oxygen atoms in total. The normalized spacial score (nSPS) is 12.6. The van der Waals surface area contributed by atoms with Crippen molar-refractivity contribution in [1.82, 2.24) is 4.90 Å². The minimum atomic E-state index is -0.311. The predicted molar refractivity (Wildman–Crippen MR) is 53.2 cm³/mol. The number of benzene rings is 1. The van der Waals surface area contributed by atoms with Crippen LogP contribution in [-0.2, 0) is 0 Å². The van der Waals surface area contributed by atoms with Gasteiger partial charge in [0.15, 0.2) is 0 Å². The Labute approximate surface area is 83.6 Å². The van der Waals surface area contributed by atoms with Crippen molar-refractivity contribution in [3.63, 3.8) is 0 Å². The van der Waals surface area contributed by atoms with Crippen LogP contribution in [0.2, 0.25) is 0 Å². The maximum atomic E-state index is 13.0. The number of halogens is 1. The number of hydrogen-bond acceptors (Lipinski definition) is 2. The van der Waals surface area contributed by atoms with Gasteiger partial charge in [0.05, 0.1) is 6.07 Å². The van der Waals surface area contributed by atoms with E-state index in [2.05, 4.69) is 6.07 Å². The molecular weight excluding hydrogens is 179 g/mol. The van der Waals surface area contributed by atoms with E-state index in [4.69, 9.17) is 5.26 Å². The van der Waals surface area contributed by atoms with Gasteiger partial charge in [-0.3, -0.25) is 4.90 Å². The first-order chi connectivity index (χ1) is 6.56. The zero-order valence-electron chi connectivity index (χ0n) is 8.58. The monoisotopic (exact) mass is 192 g/mol. The van der Waals surface area contributed by atoms with E-state index < -0.39 is 0 Å². The molecule has 0 aliphatic carbocycles. The molecule has 0 aliphatic heterocycles. The van der Waals surface area contributed by atoms with Crippen LogP contribution >= 0.6 is 0 Å². The summed E-state index contributed by atoms with van der Waals surface area (Å²) in [5, 5.41) is 8.92. The highest BCUT2D eigenvalue weighted by molar-refractivity contribution is 5.29. The molecule has 14 heavy (non-hydrogen) atoms. The smallest absolute Gasteiger partial charge is 0.126 e. The van der Waals surface area contributed by atoms with Gasteiger partial charge in [-0.2, -0.15) is 5.26 Å². The molecule has 1 rings (SSSR count). The largest absolute Gasteiger partial charge is 0.291 e. The molecule has 1 aromatic carbocycles. The fraction of sp³-hybridized carbons (Fsp3) is 0.364. The average molecular weight is 192 g/mol. The average Bonchev–Trinajstić information content (AvgIpc) is 2.11. The summed E-state index contributed by atoms with van der Waals surface area (Å²) in [7, 11) is 3.65. The van der Waals surface area contributed by atoms with Crippen molar-refractivity contribution in [3.05, 3.63) is 35.1 Å². The van der Waals surface area contributed by atoms with E-state index in [0.29, 0.717) is 5.56 Å². The predicted octanol–water partition coefficient (Wildman–Crippen LogP) is 2.26. The SMILES string of the molecule is Cc1cc(C(C#N)N(C)C)ccc1F. The lowest BCUT2D eigenvalue weighted by Crippen LogP contribution is -2.18. The summed E-state index contributed by atoms with van der Waals surface area (Å²) in [5.74, 6) is -0.232. The molecule has 0 heterocycles. The van der Waals surface area contributed by atoms with E-state index in [0.717, 1.165) is 5.56 Å². The Balaban J connectivity index is 3.08. The lowest BCUT2D eigenvalue weighted by atomic mass is 10.0. The van der Waals surface area contributed by atoms with Gasteiger partial charge in [0.25, 0.3) is 0 Å². The van der Waals surface area contributed by atoms with Gasteiger partial charge in [-0.1, -0.05) is 12.1 Å². The van der Waals surface area contributed by atoms with Crippen LogP contribution in [0.5, 0.6) is 0 Å². The second-order valence-corrected chi connectivity index (χ2v) is 3.50. The third kappa shape index (κ3) is 2.09. The maximum absolute atomic E-state index is 13.0. The quantitative estimate of drug-likeness (QED) is 0.718. The molecular formula is C11H13FN2. The molecule has 3 heteroatoms. The Hall–Kier alpha value is -1.40. The van der Waals surface area contributed by atoms with Gasteiger partial charge >= 0.3 is 0 Å². The third-order valence-electron chi connectivity index (χ3n) is 2.14. The Morgan fingerprint density at radius 3 is 2.50 bits per heavy atom. The first-order valence-corrected chi connectivity index (χ1v) is 4.38. The van der Waals surface area contributed by atoms with Crippen LogP contribution in [0.3, 0.4) is 0 Å². The van der Waals surface area contributed by atoms with Crippen molar-refractivity contribution < 1.29 is 4.39 Å². The Morgan fingerprint density at radius 1 is 1.43 bits per heavy atom. The second-order valence-electron chi connectivity index (χ2n) is 3.50. The van der Waals surface area contributed by atoms with Crippen LogP contribution in [-0.4, -0.2) is 19.0 Å². The number of hydrogen-bond donors (Lipinski definition) is 0. The Bertz CT molecular complexity index is 366. The van der Waals surface area contributed by atoms with Gasteiger partial charge in [-0.15, -0.1) is 0 Å². The standard InChI is InChI=1S/C11H13FN2/c1-8-6-9(4-5-10(8)12)11(7-13)14(2)3/h4-6,11H,1-3H3. The number of nitrogens with zero attached hydrogens (tertiary/aromatic N) is 2. The van der Waals surface area contributed by atoms with Crippen LogP contribution in [0.15, 0.2) is 18.2 Å². The van der Waals surface area contributed by atoms with Crippen LogP contribution in [0, 0.1) is 24.1 Å². The summed E-state index contributed by atoms with van der Waals surface area (Å²) in [4.78, 5) is 1.80. The van der Waals surface area contributed by atoms with E-state index in [-0.39, 0.29) is 11.9 Å². The minimum Gasteiger partial charge on any atom is -0.291 e. The summed E-state index contributed by atoms with van der Waals surface area (Å²) >= 11 is 0. The molecule has 1 aromatic rings. The lowest BCUT2D eigenvalue weighted by Gasteiger charge is -2.17. The van der Waals surface area contributed by atoms with Crippen LogP contribution < -0.4 is 0 Å². The van der Waals surface area contributed by atoms with Crippen molar-refractivity contribution in [2.45, 2.75) is 13.0 Å². The van der Waals surface area contributed by atoms with Gasteiger partial charge in [-0.05, 0) is 38.2 Å². The highest BCUT2D eigenvalue weighted by Gasteiger charge is 2.13. The van der Waals surface area contributed by atoms with Crippen LogP contribution in [0.1, 0.15) is 17.2 Å². The van der Waals surface area contributed by atoms with Gasteiger partial charge in [0.2, 0.25) is 0 Å². The molecule has 0 saturated heterocycles. The molecule has 1 unspecified atom stereocenters. The summed E-state index contributed by atoms with van der Waals surface area (Å²) in [6.45, 7) is 1.70. The fourth-order valence-corrected chi connectivity index (χ4v) is 1.33. The molecule has 0 aromatic heterocycles. The summed E-state index contributed by atoms with van der Waals surface area (Å²) in [6, 6.07) is 6.62. The van der Waals surface area contributed by atoms with Gasteiger partial charge in [0.1, 0.15) is 11.9 Å². The highest BCUT2D eigenvalue weighted by atomic mass is 19.1. The number of nitriles is 1. The molecule has 0 amide bonds. The molecule has 0 N–H and O–H groups in total. The van der Waals surface area contributed by atoms with Gasteiger partial charge < -0.3 is 0 Å². The molecule has 0 bridgehead atoms. The zero-order valence-corrected chi connectivity index (χ0v) is 8.58. The Morgan fingerprint density at radius 2 is 2.07 bits per heavy atom. The lowest BCUT2D eigenvalue weighted by molar-refractivity contribution is 0.358. The molecule has 74 valence electrons. The molecule has 1 atom stereocenters. The summed E-state index contributed by atoms with van der Waals surface area (Å²) < 4.78 is 13.0. The van der Waals surface area contributed by atoms with Crippen LogP contribution in [0.25, 0.3) is 0 Å². The van der Waals surface area contributed by atoms with E-state index in [9.17, 15) is 4.39 Å². The maximum Gasteiger partial charge on any atom is 0.126 e. The fourth-order valence-electron chi connectivity index (χ4n) is 1.33. The molecule has 0 radical (unpaired) electrons. The van der Waals surface area contributed by atoms with Crippen molar-refractivity contribution in [2.24, 2.45) is 0 Å². The van der Waals surface area contributed by atoms with E-state index in [1.807, 2.05) is 14.1 Å². The van der Waals surface area contributed by atoms with E-state index >= 15 is 0 Å². The van der Waals surface area contributed by atoms with E-state index in [1.54, 1.807) is 24.0 Å². The minimum absolute atomic E-state index is 0.232. The topological polar surface area (TPSA) is 27.0 Å². The zero-order chi connectivity index (χ0) is 10.7. The van der Waals surface area contributed by atoms with E-state index in [1.165, 1.54) is 6.07 Å².